The van der Waals surface area contributed by atoms with E-state index in [9.17, 15) is 14.9 Å². The third-order valence-corrected chi connectivity index (χ3v) is 3.01. The van der Waals surface area contributed by atoms with Crippen LogP contribution in [0.3, 0.4) is 0 Å². The predicted octanol–water partition coefficient (Wildman–Crippen LogP) is 2.64. The van der Waals surface area contributed by atoms with E-state index in [0.29, 0.717) is 6.61 Å². The van der Waals surface area contributed by atoms with Crippen molar-refractivity contribution in [1.82, 2.24) is 0 Å². The number of esters is 1. The minimum Gasteiger partial charge on any atom is -0.466 e. The molecule has 0 bridgehead atoms. The van der Waals surface area contributed by atoms with Gasteiger partial charge in [0.25, 0.3) is 5.69 Å². The summed E-state index contributed by atoms with van der Waals surface area (Å²) in [7, 11) is 0. The maximum atomic E-state index is 10.5. The van der Waals surface area contributed by atoms with E-state index in [1.54, 1.807) is 23.9 Å². The van der Waals surface area contributed by atoms with E-state index < -0.39 is 4.92 Å². The van der Waals surface area contributed by atoms with Crippen LogP contribution in [0.15, 0.2) is 29.2 Å². The van der Waals surface area contributed by atoms with Crippen LogP contribution in [0.5, 0.6) is 0 Å². The summed E-state index contributed by atoms with van der Waals surface area (Å²) in [5.74, 6) is 0.538. The van der Waals surface area contributed by atoms with Crippen LogP contribution in [0.4, 0.5) is 5.69 Å². The zero-order valence-electron chi connectivity index (χ0n) is 9.42. The lowest BCUT2D eigenvalue weighted by molar-refractivity contribution is -0.384. The van der Waals surface area contributed by atoms with Gasteiger partial charge in [-0.25, -0.2) is 0 Å². The second kappa shape index (κ2) is 6.90. The molecule has 0 atom stereocenters. The van der Waals surface area contributed by atoms with Crippen molar-refractivity contribution in [2.45, 2.75) is 18.2 Å². The molecule has 0 fully saturated rings. The topological polar surface area (TPSA) is 69.4 Å². The van der Waals surface area contributed by atoms with Crippen molar-refractivity contribution in [3.05, 3.63) is 34.4 Å². The molecule has 0 saturated carbocycles. The summed E-state index contributed by atoms with van der Waals surface area (Å²) in [6.07, 6.45) is 0.765. The number of hydrogen-bond donors (Lipinski definition) is 0. The molecule has 17 heavy (non-hydrogen) atoms. The van der Waals surface area contributed by atoms with Crippen LogP contribution < -0.4 is 0 Å². The highest BCUT2D eigenvalue weighted by Gasteiger charge is 2.03. The molecule has 0 radical (unpaired) electrons. The molecule has 0 spiro atoms. The van der Waals surface area contributed by atoms with Gasteiger partial charge in [-0.05, 0) is 18.6 Å². The number of thioether (sulfide) groups is 1. The monoisotopic (exact) mass is 255 g/mol. The Balaban J connectivity index is 2.27. The number of carbonyl (C=O) groups excluding carboxylic acids is 1. The van der Waals surface area contributed by atoms with E-state index >= 15 is 0 Å². The lowest BCUT2D eigenvalue weighted by Gasteiger charge is -2.02. The summed E-state index contributed by atoms with van der Waals surface area (Å²) in [6, 6.07) is 6.39. The molecule has 0 N–H and O–H groups in total. The first kappa shape index (κ1) is 13.5. The van der Waals surface area contributed by atoms with Gasteiger partial charge in [-0.2, -0.15) is 0 Å². The Morgan fingerprint density at radius 2 is 2.06 bits per heavy atom. The molecule has 5 nitrogen and oxygen atoms in total. The smallest absolute Gasteiger partial charge is 0.302 e. The van der Waals surface area contributed by atoms with Crippen molar-refractivity contribution in [2.24, 2.45) is 0 Å². The fraction of sp³-hybridized carbons (Fsp3) is 0.364. The number of ether oxygens (including phenoxy) is 1. The van der Waals surface area contributed by atoms with E-state index in [0.717, 1.165) is 17.1 Å². The molecule has 0 saturated heterocycles. The minimum absolute atomic E-state index is 0.0919. The van der Waals surface area contributed by atoms with Gasteiger partial charge in [0, 0.05) is 29.7 Å². The summed E-state index contributed by atoms with van der Waals surface area (Å²) < 4.78 is 4.79. The van der Waals surface area contributed by atoms with Gasteiger partial charge in [0.1, 0.15) is 0 Å². The lowest BCUT2D eigenvalue weighted by atomic mass is 10.3. The van der Waals surface area contributed by atoms with Crippen LogP contribution in [-0.2, 0) is 9.53 Å². The highest BCUT2D eigenvalue weighted by molar-refractivity contribution is 7.99. The Bertz CT molecular complexity index is 391. The number of nitro benzene ring substituents is 1. The van der Waals surface area contributed by atoms with Gasteiger partial charge >= 0.3 is 5.97 Å². The van der Waals surface area contributed by atoms with E-state index in [4.69, 9.17) is 4.74 Å². The zero-order valence-corrected chi connectivity index (χ0v) is 10.2. The van der Waals surface area contributed by atoms with Crippen LogP contribution >= 0.6 is 11.8 Å². The Hall–Kier alpha value is -1.56. The van der Waals surface area contributed by atoms with Crippen molar-refractivity contribution in [2.75, 3.05) is 12.4 Å². The van der Waals surface area contributed by atoms with Gasteiger partial charge in [-0.15, -0.1) is 11.8 Å². The van der Waals surface area contributed by atoms with Crippen molar-refractivity contribution >= 4 is 23.4 Å². The number of hydrogen-bond acceptors (Lipinski definition) is 5. The molecule has 6 heteroatoms. The molecule has 92 valence electrons. The minimum atomic E-state index is -0.421. The third kappa shape index (κ3) is 5.35. The first-order chi connectivity index (χ1) is 8.09. The summed E-state index contributed by atoms with van der Waals surface area (Å²) in [4.78, 5) is 21.5. The molecule has 0 heterocycles. The molecule has 0 aliphatic heterocycles. The van der Waals surface area contributed by atoms with Crippen molar-refractivity contribution in [1.29, 1.82) is 0 Å². The number of nitrogens with zero attached hydrogens (tertiary/aromatic N) is 1. The van der Waals surface area contributed by atoms with Crippen LogP contribution in [0.25, 0.3) is 0 Å². The molecule has 0 aliphatic carbocycles. The van der Waals surface area contributed by atoms with Crippen LogP contribution in [-0.4, -0.2) is 23.3 Å². The number of non-ortho nitro benzene ring substituents is 1. The van der Waals surface area contributed by atoms with Gasteiger partial charge in [-0.1, -0.05) is 0 Å². The average molecular weight is 255 g/mol. The molecule has 1 aromatic rings. The first-order valence-corrected chi connectivity index (χ1v) is 6.09. The van der Waals surface area contributed by atoms with Crippen molar-refractivity contribution in [3.8, 4) is 0 Å². The maximum absolute atomic E-state index is 10.5. The molecule has 0 unspecified atom stereocenters. The summed E-state index contributed by atoms with van der Waals surface area (Å²) >= 11 is 1.58. The number of nitro groups is 1. The predicted molar refractivity (Wildman–Crippen MR) is 65.1 cm³/mol. The third-order valence-electron chi connectivity index (χ3n) is 1.91. The SMILES string of the molecule is CC(=O)OCCCSc1ccc([N+](=O)[O-])cc1. The molecular formula is C11H13NO4S. The quantitative estimate of drug-likeness (QED) is 0.257. The summed E-state index contributed by atoms with van der Waals surface area (Å²) in [5, 5.41) is 10.4. The molecule has 0 aromatic heterocycles. The fourth-order valence-corrected chi connectivity index (χ4v) is 1.96. The highest BCUT2D eigenvalue weighted by atomic mass is 32.2. The zero-order chi connectivity index (χ0) is 12.7. The highest BCUT2D eigenvalue weighted by Crippen LogP contribution is 2.21. The van der Waals surface area contributed by atoms with Crippen LogP contribution in [0.2, 0.25) is 0 Å². The Morgan fingerprint density at radius 3 is 2.59 bits per heavy atom. The van der Waals surface area contributed by atoms with Crippen molar-refractivity contribution < 1.29 is 14.5 Å². The molecule has 0 amide bonds. The normalized spacial score (nSPS) is 9.94. The van der Waals surface area contributed by atoms with Crippen LogP contribution in [0.1, 0.15) is 13.3 Å². The van der Waals surface area contributed by atoms with E-state index in [1.807, 2.05) is 0 Å². The second-order valence-electron chi connectivity index (χ2n) is 3.29. The van der Waals surface area contributed by atoms with E-state index in [-0.39, 0.29) is 11.7 Å². The summed E-state index contributed by atoms with van der Waals surface area (Å²) in [6.45, 7) is 1.79. The summed E-state index contributed by atoms with van der Waals surface area (Å²) in [5.41, 5.74) is 0.0919. The van der Waals surface area contributed by atoms with Gasteiger partial charge in [-0.3, -0.25) is 14.9 Å². The maximum Gasteiger partial charge on any atom is 0.302 e. The Morgan fingerprint density at radius 1 is 1.41 bits per heavy atom. The first-order valence-electron chi connectivity index (χ1n) is 5.10. The van der Waals surface area contributed by atoms with Gasteiger partial charge < -0.3 is 4.74 Å². The Labute approximate surface area is 103 Å². The molecular weight excluding hydrogens is 242 g/mol. The standard InChI is InChI=1S/C11H13NO4S/c1-9(13)16-7-2-8-17-11-5-3-10(4-6-11)12(14)15/h3-6H,2,7-8H2,1H3. The van der Waals surface area contributed by atoms with Crippen LogP contribution in [0, 0.1) is 10.1 Å². The van der Waals surface area contributed by atoms with Crippen molar-refractivity contribution in [3.63, 3.8) is 0 Å². The fourth-order valence-electron chi connectivity index (χ4n) is 1.13. The van der Waals surface area contributed by atoms with E-state index in [2.05, 4.69) is 0 Å². The van der Waals surface area contributed by atoms with Gasteiger partial charge in [0.15, 0.2) is 0 Å². The van der Waals surface area contributed by atoms with Gasteiger partial charge in [0.05, 0.1) is 11.5 Å². The largest absolute Gasteiger partial charge is 0.466 e. The number of carbonyl (C=O) groups is 1. The Kier molecular flexibility index (Phi) is 5.48. The lowest BCUT2D eigenvalue weighted by Crippen LogP contribution is -2.01. The number of benzene rings is 1. The van der Waals surface area contributed by atoms with Gasteiger partial charge in [0.2, 0.25) is 0 Å². The average Bonchev–Trinajstić information content (AvgIpc) is 2.29. The van der Waals surface area contributed by atoms with E-state index in [1.165, 1.54) is 19.1 Å². The number of rotatable bonds is 6. The second-order valence-corrected chi connectivity index (χ2v) is 4.46. The molecule has 1 rings (SSSR count). The molecule has 0 aliphatic rings. The molecule has 1 aromatic carbocycles.